The van der Waals surface area contributed by atoms with Gasteiger partial charge in [-0.15, -0.1) is 0 Å². The van der Waals surface area contributed by atoms with E-state index in [2.05, 4.69) is 0 Å². The molecule has 5 rings (SSSR count). The second kappa shape index (κ2) is 13.0. The monoisotopic (exact) mass is 630 g/mol. The van der Waals surface area contributed by atoms with Crippen LogP contribution in [-0.4, -0.2) is 44.2 Å². The number of carbonyl (C=O) groups excluding carboxylic acids is 2. The quantitative estimate of drug-likeness (QED) is 0.273. The van der Waals surface area contributed by atoms with Crippen LogP contribution in [0.2, 0.25) is 5.02 Å². The number of primary amides is 2. The average Bonchev–Trinajstić information content (AvgIpc) is 3.28. The van der Waals surface area contributed by atoms with Gasteiger partial charge in [-0.05, 0) is 43.9 Å². The molecule has 0 aliphatic carbocycles. The highest BCUT2D eigenvalue weighted by atomic mass is 35.5. The third kappa shape index (κ3) is 6.04. The van der Waals surface area contributed by atoms with Crippen molar-refractivity contribution in [2.75, 3.05) is 19.8 Å². The number of hydrogen-bond donors (Lipinski definition) is 2. The topological polar surface area (TPSA) is 132 Å². The maximum Gasteiger partial charge on any atom is 0.404 e. The fraction of sp³-hybridized carbons (Fsp3) is 0.375. The van der Waals surface area contributed by atoms with Crippen molar-refractivity contribution in [2.45, 2.75) is 57.0 Å². The van der Waals surface area contributed by atoms with Crippen LogP contribution in [0.3, 0.4) is 0 Å². The number of nitrogens with two attached hydrogens (primary N) is 2. The minimum atomic E-state index is -1.39. The number of rotatable bonds is 10. The molecule has 9 nitrogen and oxygen atoms in total. The first-order valence-corrected chi connectivity index (χ1v) is 14.6. The summed E-state index contributed by atoms with van der Waals surface area (Å²) >= 11 is 6.55. The highest BCUT2D eigenvalue weighted by molar-refractivity contribution is 6.34. The molecule has 3 aromatic rings. The van der Waals surface area contributed by atoms with Crippen LogP contribution >= 0.6 is 11.6 Å². The summed E-state index contributed by atoms with van der Waals surface area (Å²) in [4.78, 5) is 24.3. The predicted molar refractivity (Wildman–Crippen MR) is 158 cm³/mol. The number of amides is 2. The van der Waals surface area contributed by atoms with Crippen LogP contribution in [0.4, 0.5) is 13.6 Å². The maximum atomic E-state index is 16.5. The molecule has 1 saturated heterocycles. The van der Waals surface area contributed by atoms with Gasteiger partial charge in [0, 0.05) is 35.3 Å². The molecule has 0 saturated carbocycles. The van der Waals surface area contributed by atoms with Crippen LogP contribution in [0, 0.1) is 11.6 Å². The predicted octanol–water partition coefficient (Wildman–Crippen LogP) is 6.18. The van der Waals surface area contributed by atoms with Crippen molar-refractivity contribution < 1.29 is 42.1 Å². The Morgan fingerprint density at radius 1 is 1.11 bits per heavy atom. The van der Waals surface area contributed by atoms with Gasteiger partial charge in [0.25, 0.3) is 0 Å². The van der Waals surface area contributed by atoms with Gasteiger partial charge >= 0.3 is 6.09 Å². The minimum Gasteiger partial charge on any atom is -0.488 e. The summed E-state index contributed by atoms with van der Waals surface area (Å²) < 4.78 is 60.7. The van der Waals surface area contributed by atoms with E-state index in [1.54, 1.807) is 44.2 Å². The fourth-order valence-electron chi connectivity index (χ4n) is 5.78. The minimum absolute atomic E-state index is 0.0157. The van der Waals surface area contributed by atoms with E-state index in [4.69, 9.17) is 46.8 Å². The van der Waals surface area contributed by atoms with Crippen molar-refractivity contribution >= 4 is 23.6 Å². The van der Waals surface area contributed by atoms with Crippen molar-refractivity contribution in [3.05, 3.63) is 81.9 Å². The normalized spacial score (nSPS) is 21.7. The molecule has 0 radical (unpaired) electrons. The lowest BCUT2D eigenvalue weighted by Crippen LogP contribution is -2.40. The number of ether oxygens (including phenoxy) is 5. The fourth-order valence-corrected chi connectivity index (χ4v) is 6.03. The molecule has 4 N–H and O–H groups in total. The van der Waals surface area contributed by atoms with Gasteiger partial charge in [0.05, 0.1) is 16.7 Å². The van der Waals surface area contributed by atoms with Crippen LogP contribution in [0.1, 0.15) is 60.5 Å². The SMILES string of the molecule is CC1c2c(cc(F)c(Cl)c2-c2c(C(N)=O)ccc(OC[C@H](C)O[C@H]3CCCCO3)c2F)OC1(COC(N)=O)c1ccccc1. The van der Waals surface area contributed by atoms with E-state index in [0.717, 1.165) is 25.3 Å². The van der Waals surface area contributed by atoms with Crippen LogP contribution in [-0.2, 0) is 19.8 Å². The van der Waals surface area contributed by atoms with E-state index in [0.29, 0.717) is 12.2 Å². The molecule has 0 bridgehead atoms. The van der Waals surface area contributed by atoms with Gasteiger partial charge in [-0.2, -0.15) is 0 Å². The second-order valence-corrected chi connectivity index (χ2v) is 11.2. The lowest BCUT2D eigenvalue weighted by atomic mass is 9.78. The average molecular weight is 631 g/mol. The Kier molecular flexibility index (Phi) is 9.28. The smallest absolute Gasteiger partial charge is 0.404 e. The summed E-state index contributed by atoms with van der Waals surface area (Å²) in [7, 11) is 0. The number of hydrogen-bond acceptors (Lipinski definition) is 7. The number of fused-ring (bicyclic) bond motifs is 1. The van der Waals surface area contributed by atoms with Crippen LogP contribution in [0.25, 0.3) is 11.1 Å². The maximum absolute atomic E-state index is 16.5. The molecular formula is C32H33ClF2N2O7. The van der Waals surface area contributed by atoms with E-state index in [1.807, 2.05) is 0 Å². The van der Waals surface area contributed by atoms with E-state index in [-0.39, 0.29) is 53.3 Å². The highest BCUT2D eigenvalue weighted by Gasteiger charge is 2.51. The number of benzene rings is 3. The lowest BCUT2D eigenvalue weighted by Gasteiger charge is -2.33. The summed E-state index contributed by atoms with van der Waals surface area (Å²) in [6.07, 6.45) is 0.811. The molecule has 44 heavy (non-hydrogen) atoms. The molecule has 1 fully saturated rings. The van der Waals surface area contributed by atoms with Gasteiger partial charge in [-0.1, -0.05) is 48.9 Å². The third-order valence-corrected chi connectivity index (χ3v) is 8.32. The Hall–Kier alpha value is -3.93. The summed E-state index contributed by atoms with van der Waals surface area (Å²) in [6.45, 7) is 3.71. The molecule has 0 aromatic heterocycles. The lowest BCUT2D eigenvalue weighted by molar-refractivity contribution is -0.189. The molecule has 2 unspecified atom stereocenters. The van der Waals surface area contributed by atoms with Gasteiger partial charge < -0.3 is 35.2 Å². The zero-order chi connectivity index (χ0) is 31.6. The summed E-state index contributed by atoms with van der Waals surface area (Å²) in [5, 5.41) is -0.455. The highest BCUT2D eigenvalue weighted by Crippen LogP contribution is 2.56. The summed E-state index contributed by atoms with van der Waals surface area (Å²) in [5.41, 5.74) is 9.69. The van der Waals surface area contributed by atoms with Crippen LogP contribution < -0.4 is 20.9 Å². The second-order valence-electron chi connectivity index (χ2n) is 10.9. The van der Waals surface area contributed by atoms with Crippen molar-refractivity contribution in [3.8, 4) is 22.6 Å². The largest absolute Gasteiger partial charge is 0.488 e. The number of carbonyl (C=O) groups is 2. The van der Waals surface area contributed by atoms with Crippen LogP contribution in [0.15, 0.2) is 48.5 Å². The molecule has 2 amide bonds. The van der Waals surface area contributed by atoms with Gasteiger partial charge in [0.2, 0.25) is 5.91 Å². The Labute approximate surface area is 258 Å². The van der Waals surface area contributed by atoms with Crippen LogP contribution in [0.5, 0.6) is 11.5 Å². The Bertz CT molecular complexity index is 1550. The molecule has 2 heterocycles. The van der Waals surface area contributed by atoms with Gasteiger partial charge in [-0.25, -0.2) is 13.6 Å². The first-order valence-electron chi connectivity index (χ1n) is 14.2. The molecule has 12 heteroatoms. The zero-order valence-corrected chi connectivity index (χ0v) is 25.0. The standard InChI is InChI=1S/C32H33ClF2N2O7/c1-17(43-24-10-6-7-13-40-24)15-41-22-12-11-20(30(36)38)26(29(22)35)27-25-18(2)32(16-42-31(37)39,19-8-4-3-5-9-19)44-23(25)14-21(34)28(27)33/h3-5,8-9,11-12,14,17-18,24H,6-7,10,13,15-16H2,1-2H3,(H2,36,38)(H2,37,39)/t17-,18?,24-,32?/m0/s1. The number of halogens is 3. The van der Waals surface area contributed by atoms with Crippen molar-refractivity contribution in [1.29, 1.82) is 0 Å². The summed E-state index contributed by atoms with van der Waals surface area (Å²) in [5.74, 6) is -3.80. The Morgan fingerprint density at radius 2 is 1.86 bits per heavy atom. The molecule has 3 aromatic carbocycles. The van der Waals surface area contributed by atoms with E-state index >= 15 is 8.78 Å². The van der Waals surface area contributed by atoms with Crippen molar-refractivity contribution in [2.24, 2.45) is 11.5 Å². The summed E-state index contributed by atoms with van der Waals surface area (Å²) in [6, 6.07) is 12.4. The Balaban J connectivity index is 1.59. The Morgan fingerprint density at radius 3 is 2.52 bits per heavy atom. The molecule has 2 aliphatic rings. The van der Waals surface area contributed by atoms with Gasteiger partial charge in [0.15, 0.2) is 23.5 Å². The molecular weight excluding hydrogens is 598 g/mol. The first-order chi connectivity index (χ1) is 21.0. The van der Waals surface area contributed by atoms with E-state index < -0.39 is 46.3 Å². The first kappa shape index (κ1) is 31.5. The molecule has 234 valence electrons. The van der Waals surface area contributed by atoms with E-state index in [9.17, 15) is 9.59 Å². The molecule has 4 atom stereocenters. The van der Waals surface area contributed by atoms with Crippen molar-refractivity contribution in [3.63, 3.8) is 0 Å². The molecule has 0 spiro atoms. The third-order valence-electron chi connectivity index (χ3n) is 7.96. The van der Waals surface area contributed by atoms with Crippen molar-refractivity contribution in [1.82, 2.24) is 0 Å². The van der Waals surface area contributed by atoms with Gasteiger partial charge in [-0.3, -0.25) is 4.79 Å². The molecule has 2 aliphatic heterocycles. The van der Waals surface area contributed by atoms with E-state index in [1.165, 1.54) is 12.1 Å². The van der Waals surface area contributed by atoms with Gasteiger partial charge in [0.1, 0.15) is 24.8 Å². The zero-order valence-electron chi connectivity index (χ0n) is 24.2.